The van der Waals surface area contributed by atoms with Gasteiger partial charge in [-0.05, 0) is 78.4 Å². The zero-order valence-corrected chi connectivity index (χ0v) is 37.2. The maximum absolute atomic E-state index is 13.9. The Labute approximate surface area is 354 Å². The maximum Gasteiger partial charge on any atom is 0.244 e. The monoisotopic (exact) mass is 861 g/mol. The normalized spacial score (nSPS) is 14.1. The number of rotatable bonds is 26. The topological polar surface area (TPSA) is 263 Å². The molecule has 1 aromatic carbocycles. The Bertz CT molecular complexity index is 1800. The maximum atomic E-state index is 13.9. The SMILES string of the molecule is CCC(NC(=O)C(CC(N)=O)NC(=O)[C@@H](NC(C)=O)C(C)(C)SSC(C)(C)CNC=O)C(=O)NC(Cc1c[nH]c2c(C)cccc12)C(=O)NC(C)CCCCNC(C)=O. The Morgan fingerprint density at radius 3 is 2.07 bits per heavy atom. The zero-order chi connectivity index (χ0) is 44.5. The average molecular weight is 862 g/mol. The molecule has 0 aliphatic heterocycles. The van der Waals surface area contributed by atoms with Gasteiger partial charge in [-0.2, -0.15) is 0 Å². The summed E-state index contributed by atoms with van der Waals surface area (Å²) in [6.07, 6.45) is 4.10. The summed E-state index contributed by atoms with van der Waals surface area (Å²) in [4.78, 5) is 105. The van der Waals surface area contributed by atoms with E-state index in [0.29, 0.717) is 25.9 Å². The molecule has 0 aliphatic carbocycles. The number of fused-ring (bicyclic) bond motifs is 1. The van der Waals surface area contributed by atoms with Crippen LogP contribution in [-0.4, -0.2) is 106 Å². The second-order valence-corrected chi connectivity index (χ2v) is 19.3. The van der Waals surface area contributed by atoms with E-state index in [1.165, 1.54) is 35.4 Å². The van der Waals surface area contributed by atoms with Crippen molar-refractivity contribution in [3.63, 3.8) is 0 Å². The molecule has 10 N–H and O–H groups in total. The van der Waals surface area contributed by atoms with Crippen LogP contribution in [0.1, 0.15) is 98.6 Å². The average Bonchev–Trinajstić information content (AvgIpc) is 3.56. The molecule has 0 fully saturated rings. The lowest BCUT2D eigenvalue weighted by Gasteiger charge is -2.36. The van der Waals surface area contributed by atoms with Crippen molar-refractivity contribution in [2.45, 2.75) is 141 Å². The van der Waals surface area contributed by atoms with Crippen molar-refractivity contribution in [3.05, 3.63) is 35.5 Å². The fourth-order valence-corrected chi connectivity index (χ4v) is 8.76. The van der Waals surface area contributed by atoms with Crippen LogP contribution in [0.2, 0.25) is 0 Å². The number of aromatic amines is 1. The number of nitrogens with one attached hydrogen (secondary N) is 8. The fraction of sp³-hybridized carbons (Fsp3) is 0.600. The molecule has 1 heterocycles. The second kappa shape index (κ2) is 23.7. The number of unbranched alkanes of at least 4 members (excludes halogenated alkanes) is 1. The van der Waals surface area contributed by atoms with E-state index >= 15 is 0 Å². The van der Waals surface area contributed by atoms with Gasteiger partial charge in [0.2, 0.25) is 47.8 Å². The summed E-state index contributed by atoms with van der Waals surface area (Å²) in [5.74, 6) is -4.26. The molecule has 0 saturated heterocycles. The first-order valence-corrected chi connectivity index (χ1v) is 21.9. The van der Waals surface area contributed by atoms with Gasteiger partial charge < -0.3 is 47.9 Å². The van der Waals surface area contributed by atoms with E-state index in [2.05, 4.69) is 42.2 Å². The number of carbonyl (C=O) groups is 8. The molecule has 19 heteroatoms. The highest BCUT2D eigenvalue weighted by Gasteiger charge is 2.40. The number of para-hydroxylation sites is 1. The van der Waals surface area contributed by atoms with Gasteiger partial charge in [0.25, 0.3) is 0 Å². The summed E-state index contributed by atoms with van der Waals surface area (Å²) in [5.41, 5.74) is 8.20. The minimum atomic E-state index is -1.51. The largest absolute Gasteiger partial charge is 0.370 e. The highest BCUT2D eigenvalue weighted by atomic mass is 33.1. The van der Waals surface area contributed by atoms with Crippen molar-refractivity contribution in [1.29, 1.82) is 0 Å². The molecule has 8 amide bonds. The number of H-pyrrole nitrogens is 1. The van der Waals surface area contributed by atoms with E-state index in [9.17, 15) is 38.4 Å². The Balaban J connectivity index is 2.29. The van der Waals surface area contributed by atoms with Gasteiger partial charge in [-0.15, -0.1) is 0 Å². The number of primary amides is 1. The zero-order valence-electron chi connectivity index (χ0n) is 35.6. The van der Waals surface area contributed by atoms with Crippen molar-refractivity contribution in [3.8, 4) is 0 Å². The highest BCUT2D eigenvalue weighted by molar-refractivity contribution is 8.77. The van der Waals surface area contributed by atoms with Gasteiger partial charge in [0.05, 0.1) is 6.42 Å². The number of amides is 8. The Morgan fingerprint density at radius 2 is 1.46 bits per heavy atom. The van der Waals surface area contributed by atoms with E-state index in [1.54, 1.807) is 27.0 Å². The van der Waals surface area contributed by atoms with E-state index < -0.39 is 75.5 Å². The van der Waals surface area contributed by atoms with Crippen molar-refractivity contribution >= 4 is 80.3 Å². The van der Waals surface area contributed by atoms with Crippen molar-refractivity contribution in [1.82, 2.24) is 42.2 Å². The molecule has 0 saturated carbocycles. The van der Waals surface area contributed by atoms with Crippen LogP contribution in [0.15, 0.2) is 24.4 Å². The van der Waals surface area contributed by atoms with Gasteiger partial charge in [0, 0.05) is 66.0 Å². The highest BCUT2D eigenvalue weighted by Crippen LogP contribution is 2.45. The molecule has 1 aromatic heterocycles. The van der Waals surface area contributed by atoms with Gasteiger partial charge in [0.1, 0.15) is 24.2 Å². The molecule has 0 bridgehead atoms. The lowest BCUT2D eigenvalue weighted by atomic mass is 10.0. The third-order valence-electron chi connectivity index (χ3n) is 9.37. The smallest absolute Gasteiger partial charge is 0.244 e. The summed E-state index contributed by atoms with van der Waals surface area (Å²) in [6.45, 7) is 16.3. The van der Waals surface area contributed by atoms with Gasteiger partial charge in [-0.1, -0.05) is 46.7 Å². The number of hydrogen-bond donors (Lipinski definition) is 9. The molecular weight excluding hydrogens is 799 g/mol. The molecular formula is C40H63N9O8S2. The second-order valence-electron chi connectivity index (χ2n) is 15.8. The molecule has 0 aliphatic rings. The van der Waals surface area contributed by atoms with Crippen LogP contribution >= 0.6 is 21.6 Å². The van der Waals surface area contributed by atoms with E-state index in [1.807, 2.05) is 45.9 Å². The predicted octanol–water partition coefficient (Wildman–Crippen LogP) is 1.76. The van der Waals surface area contributed by atoms with Gasteiger partial charge in [0.15, 0.2) is 0 Å². The summed E-state index contributed by atoms with van der Waals surface area (Å²) < 4.78 is -1.42. The quantitative estimate of drug-likeness (QED) is 0.0376. The standard InChI is InChI=1S/C40H63N9O8S2/c1-10-29(47-37(56)31(19-32(41)53)49-38(57)34(46-26(5)52)40(8,9)59-58-39(6,7)21-42-22-50)35(54)48-30(18-27-20-44-33-23(2)14-13-16-28(27)33)36(55)45-24(3)15-11-12-17-43-25(4)51/h13-14,16,20,22,24,29-31,34,44H,10-12,15,17-19,21H2,1-9H3,(H2,41,53)(H,42,50)(H,43,51)(H,45,55)(H,46,52)(H,47,56)(H,48,54)(H,49,57)/t24?,29?,30?,31?,34-/m1/s1. The molecule has 2 rings (SSSR count). The molecule has 59 heavy (non-hydrogen) atoms. The molecule has 0 spiro atoms. The number of nitrogens with two attached hydrogens (primary N) is 1. The number of aromatic nitrogens is 1. The Hall–Kier alpha value is -4.78. The molecule has 5 atom stereocenters. The third-order valence-corrected chi connectivity index (χ3v) is 13.6. The van der Waals surface area contributed by atoms with E-state index in [-0.39, 0.29) is 24.8 Å². The van der Waals surface area contributed by atoms with Gasteiger partial charge in [-0.25, -0.2) is 0 Å². The van der Waals surface area contributed by atoms with E-state index in [0.717, 1.165) is 34.9 Å². The van der Waals surface area contributed by atoms with E-state index in [4.69, 9.17) is 5.73 Å². The number of benzene rings is 1. The van der Waals surface area contributed by atoms with Gasteiger partial charge >= 0.3 is 0 Å². The van der Waals surface area contributed by atoms with Crippen molar-refractivity contribution < 1.29 is 38.4 Å². The lowest BCUT2D eigenvalue weighted by molar-refractivity contribution is -0.135. The predicted molar refractivity (Wildman–Crippen MR) is 232 cm³/mol. The first-order chi connectivity index (χ1) is 27.6. The van der Waals surface area contributed by atoms with Crippen LogP contribution in [0.25, 0.3) is 10.9 Å². The molecule has 0 radical (unpaired) electrons. The van der Waals surface area contributed by atoms with Crippen molar-refractivity contribution in [2.75, 3.05) is 13.1 Å². The number of aryl methyl sites for hydroxylation is 1. The minimum absolute atomic E-state index is 0.0876. The van der Waals surface area contributed by atoms with Crippen LogP contribution < -0.4 is 43.0 Å². The molecule has 4 unspecified atom stereocenters. The van der Waals surface area contributed by atoms with Gasteiger partial charge in [-0.3, -0.25) is 38.4 Å². The van der Waals surface area contributed by atoms with Crippen LogP contribution in [0.3, 0.4) is 0 Å². The minimum Gasteiger partial charge on any atom is -0.370 e. The summed E-state index contributed by atoms with van der Waals surface area (Å²) in [6, 6.07) is 0.607. The first-order valence-electron chi connectivity index (χ1n) is 19.7. The first kappa shape index (κ1) is 50.4. The van der Waals surface area contributed by atoms with Crippen LogP contribution in [0.4, 0.5) is 0 Å². The van der Waals surface area contributed by atoms with Crippen LogP contribution in [-0.2, 0) is 44.8 Å². The summed E-state index contributed by atoms with van der Waals surface area (Å²) in [5, 5.41) is 19.9. The lowest BCUT2D eigenvalue weighted by Crippen LogP contribution is -2.61. The Morgan fingerprint density at radius 1 is 0.831 bits per heavy atom. The Kier molecular flexibility index (Phi) is 20.2. The number of hydrogen-bond acceptors (Lipinski definition) is 10. The summed E-state index contributed by atoms with van der Waals surface area (Å²) >= 11 is 0. The summed E-state index contributed by atoms with van der Waals surface area (Å²) in [7, 11) is 2.68. The van der Waals surface area contributed by atoms with Crippen LogP contribution in [0, 0.1) is 6.92 Å². The number of carbonyl (C=O) groups excluding carboxylic acids is 8. The molecule has 17 nitrogen and oxygen atoms in total. The van der Waals surface area contributed by atoms with Crippen molar-refractivity contribution in [2.24, 2.45) is 5.73 Å². The van der Waals surface area contributed by atoms with Crippen LogP contribution in [0.5, 0.6) is 0 Å². The molecule has 2 aromatic rings. The third kappa shape index (κ3) is 17.2. The fourth-order valence-electron chi connectivity index (χ4n) is 6.12. The molecule has 328 valence electrons.